The van der Waals surface area contributed by atoms with Crippen molar-refractivity contribution in [1.82, 2.24) is 4.98 Å². The Bertz CT molecular complexity index is 900. The lowest BCUT2D eigenvalue weighted by Crippen LogP contribution is -2.02. The fourth-order valence-corrected chi connectivity index (χ4v) is 3.30. The highest BCUT2D eigenvalue weighted by molar-refractivity contribution is 7.19. The molecule has 1 aromatic carbocycles. The van der Waals surface area contributed by atoms with Gasteiger partial charge in [0.2, 0.25) is 0 Å². The average molecular weight is 313 g/mol. The van der Waals surface area contributed by atoms with E-state index in [1.165, 1.54) is 35.6 Å². The van der Waals surface area contributed by atoms with Gasteiger partial charge in [0.1, 0.15) is 10.6 Å². The third-order valence-corrected chi connectivity index (χ3v) is 4.34. The summed E-state index contributed by atoms with van der Waals surface area (Å²) in [7, 11) is 0. The predicted octanol–water partition coefficient (Wildman–Crippen LogP) is 3.33. The number of rotatable bonds is 3. The van der Waals surface area contributed by atoms with Crippen molar-refractivity contribution in [3.8, 4) is 0 Å². The molecular formula is C15H11N3O3S. The van der Waals surface area contributed by atoms with Gasteiger partial charge >= 0.3 is 0 Å². The number of aryl methyl sites for hydroxylation is 1. The molecule has 0 unspecified atom stereocenters. The first-order chi connectivity index (χ1) is 10.5. The maximum absolute atomic E-state index is 12.7. The molecule has 0 amide bonds. The first kappa shape index (κ1) is 14.2. The number of carbonyl (C=O) groups excluding carboxylic acids is 1. The number of nitrogens with two attached hydrogens (primary N) is 1. The van der Waals surface area contributed by atoms with Gasteiger partial charge in [0.25, 0.3) is 5.69 Å². The van der Waals surface area contributed by atoms with E-state index in [0.29, 0.717) is 21.8 Å². The molecule has 0 fully saturated rings. The van der Waals surface area contributed by atoms with Crippen molar-refractivity contribution < 1.29 is 9.72 Å². The van der Waals surface area contributed by atoms with Gasteiger partial charge in [-0.25, -0.2) is 4.98 Å². The van der Waals surface area contributed by atoms with Crippen molar-refractivity contribution in [2.75, 3.05) is 5.73 Å². The van der Waals surface area contributed by atoms with Crippen LogP contribution < -0.4 is 5.73 Å². The van der Waals surface area contributed by atoms with E-state index < -0.39 is 4.92 Å². The molecule has 6 nitrogen and oxygen atoms in total. The molecule has 0 atom stereocenters. The summed E-state index contributed by atoms with van der Waals surface area (Å²) in [5.41, 5.74) is 6.60. The van der Waals surface area contributed by atoms with Crippen molar-refractivity contribution in [2.45, 2.75) is 6.92 Å². The number of pyridine rings is 1. The van der Waals surface area contributed by atoms with Crippen molar-refractivity contribution in [3.05, 3.63) is 62.5 Å². The largest absolute Gasteiger partial charge is 0.384 e. The van der Waals surface area contributed by atoms with Crippen LogP contribution in [-0.2, 0) is 0 Å². The predicted molar refractivity (Wildman–Crippen MR) is 85.3 cm³/mol. The summed E-state index contributed by atoms with van der Waals surface area (Å²) < 4.78 is 0. The van der Waals surface area contributed by atoms with Gasteiger partial charge in [-0.2, -0.15) is 0 Å². The van der Waals surface area contributed by atoms with Crippen LogP contribution in [0.2, 0.25) is 0 Å². The van der Waals surface area contributed by atoms with E-state index in [-0.39, 0.29) is 11.5 Å². The number of fused-ring (bicyclic) bond motifs is 1. The number of non-ortho nitro benzene ring substituents is 1. The average Bonchev–Trinajstić information content (AvgIpc) is 2.81. The summed E-state index contributed by atoms with van der Waals surface area (Å²) in [6.45, 7) is 1.85. The topological polar surface area (TPSA) is 99.1 Å². The number of benzene rings is 1. The highest BCUT2D eigenvalue weighted by Crippen LogP contribution is 2.32. The Kier molecular flexibility index (Phi) is 3.34. The molecule has 7 heteroatoms. The second-order valence-corrected chi connectivity index (χ2v) is 5.96. The van der Waals surface area contributed by atoms with Crippen LogP contribution in [0.4, 0.5) is 11.5 Å². The summed E-state index contributed by atoms with van der Waals surface area (Å²) in [5, 5.41) is 11.4. The Balaban J connectivity index is 2.08. The van der Waals surface area contributed by atoms with E-state index in [1.54, 1.807) is 12.1 Å². The van der Waals surface area contributed by atoms with Crippen LogP contribution in [0.5, 0.6) is 0 Å². The van der Waals surface area contributed by atoms with Crippen molar-refractivity contribution in [2.24, 2.45) is 0 Å². The third kappa shape index (κ3) is 2.31. The van der Waals surface area contributed by atoms with E-state index in [9.17, 15) is 14.9 Å². The number of nitro benzene ring substituents is 1. The van der Waals surface area contributed by atoms with E-state index in [1.807, 2.05) is 6.92 Å². The fourth-order valence-electron chi connectivity index (χ4n) is 2.27. The Labute approximate surface area is 129 Å². The lowest BCUT2D eigenvalue weighted by Gasteiger charge is -2.02. The Morgan fingerprint density at radius 1 is 1.23 bits per heavy atom. The Morgan fingerprint density at radius 2 is 1.91 bits per heavy atom. The van der Waals surface area contributed by atoms with Gasteiger partial charge in [0, 0.05) is 33.5 Å². The molecule has 0 aliphatic rings. The smallest absolute Gasteiger partial charge is 0.269 e. The second-order valence-electron chi connectivity index (χ2n) is 4.76. The fraction of sp³-hybridized carbons (Fsp3) is 0.0667. The quantitative estimate of drug-likeness (QED) is 0.454. The van der Waals surface area contributed by atoms with Crippen LogP contribution in [0.15, 0.2) is 36.4 Å². The van der Waals surface area contributed by atoms with Crippen molar-refractivity contribution in [1.29, 1.82) is 0 Å². The molecule has 0 aliphatic heterocycles. The zero-order valence-electron chi connectivity index (χ0n) is 11.6. The molecule has 3 aromatic rings. The molecule has 0 aliphatic carbocycles. The number of hydrogen-bond acceptors (Lipinski definition) is 6. The van der Waals surface area contributed by atoms with Crippen molar-refractivity contribution >= 4 is 38.8 Å². The van der Waals surface area contributed by atoms with E-state index >= 15 is 0 Å². The van der Waals surface area contributed by atoms with Gasteiger partial charge in [-0.15, -0.1) is 11.3 Å². The third-order valence-electron chi connectivity index (χ3n) is 3.32. The van der Waals surface area contributed by atoms with Crippen LogP contribution in [0.1, 0.15) is 20.8 Å². The van der Waals surface area contributed by atoms with Gasteiger partial charge < -0.3 is 5.73 Å². The van der Waals surface area contributed by atoms with E-state index in [2.05, 4.69) is 4.98 Å². The zero-order valence-corrected chi connectivity index (χ0v) is 12.4. The normalized spacial score (nSPS) is 10.8. The maximum atomic E-state index is 12.7. The number of thiophene rings is 1. The number of anilines is 1. The molecule has 0 spiro atoms. The van der Waals surface area contributed by atoms with Gasteiger partial charge in [-0.1, -0.05) is 0 Å². The van der Waals surface area contributed by atoms with Crippen LogP contribution in [0.3, 0.4) is 0 Å². The SMILES string of the molecule is Cc1sc2nc(N)ccc2c1C(=O)c1ccc([N+](=O)[O-])cc1. The van der Waals surface area contributed by atoms with Crippen LogP contribution >= 0.6 is 11.3 Å². The summed E-state index contributed by atoms with van der Waals surface area (Å²) in [6.07, 6.45) is 0. The number of nitrogens with zero attached hydrogens (tertiary/aromatic N) is 2. The van der Waals surface area contributed by atoms with Gasteiger partial charge in [0.05, 0.1) is 4.92 Å². The Hall–Kier alpha value is -2.80. The lowest BCUT2D eigenvalue weighted by atomic mass is 10.0. The van der Waals surface area contributed by atoms with Crippen LogP contribution in [0, 0.1) is 17.0 Å². The summed E-state index contributed by atoms with van der Waals surface area (Å²) >= 11 is 1.40. The maximum Gasteiger partial charge on any atom is 0.269 e. The van der Waals surface area contributed by atoms with Gasteiger partial charge in [-0.05, 0) is 31.2 Å². The molecule has 3 rings (SSSR count). The molecule has 0 radical (unpaired) electrons. The van der Waals surface area contributed by atoms with Crippen LogP contribution in [0.25, 0.3) is 10.2 Å². The summed E-state index contributed by atoms with van der Waals surface area (Å²) in [5.74, 6) is 0.230. The second kappa shape index (κ2) is 5.19. The highest BCUT2D eigenvalue weighted by Gasteiger charge is 2.19. The highest BCUT2D eigenvalue weighted by atomic mass is 32.1. The van der Waals surface area contributed by atoms with Gasteiger partial charge in [-0.3, -0.25) is 14.9 Å². The molecule has 0 bridgehead atoms. The monoisotopic (exact) mass is 313 g/mol. The first-order valence-corrected chi connectivity index (χ1v) is 7.24. The lowest BCUT2D eigenvalue weighted by molar-refractivity contribution is -0.384. The minimum Gasteiger partial charge on any atom is -0.384 e. The summed E-state index contributed by atoms with van der Waals surface area (Å²) in [4.78, 5) is 28.6. The van der Waals surface area contributed by atoms with Gasteiger partial charge in [0.15, 0.2) is 5.78 Å². The number of aromatic nitrogens is 1. The number of nitrogen functional groups attached to an aromatic ring is 1. The molecule has 2 aromatic heterocycles. The standard InChI is InChI=1S/C15H11N3O3S/c1-8-13(11-6-7-12(16)17-15(11)22-8)14(19)9-2-4-10(5-3-9)18(20)21/h2-7H,1H3,(H2,16,17). The molecule has 2 N–H and O–H groups in total. The molecule has 110 valence electrons. The van der Waals surface area contributed by atoms with Crippen molar-refractivity contribution in [3.63, 3.8) is 0 Å². The number of nitro groups is 1. The molecule has 2 heterocycles. The number of carbonyl (C=O) groups is 1. The molecule has 22 heavy (non-hydrogen) atoms. The molecule has 0 saturated heterocycles. The minimum absolute atomic E-state index is 0.0436. The number of hydrogen-bond donors (Lipinski definition) is 1. The number of ketones is 1. The molecular weight excluding hydrogens is 302 g/mol. The minimum atomic E-state index is -0.494. The van der Waals surface area contributed by atoms with E-state index in [4.69, 9.17) is 5.73 Å². The zero-order chi connectivity index (χ0) is 15.9. The Morgan fingerprint density at radius 3 is 2.55 bits per heavy atom. The van der Waals surface area contributed by atoms with E-state index in [0.717, 1.165) is 10.3 Å². The summed E-state index contributed by atoms with van der Waals surface area (Å²) in [6, 6.07) is 9.02. The first-order valence-electron chi connectivity index (χ1n) is 6.42. The van der Waals surface area contributed by atoms with Crippen LogP contribution in [-0.4, -0.2) is 15.7 Å². The molecule has 0 saturated carbocycles.